The zero-order chi connectivity index (χ0) is 23.6. The molecular formula is C23H30F2N4O3S. The minimum Gasteiger partial charge on any atom is -0.395 e. The van der Waals surface area contributed by atoms with Crippen molar-refractivity contribution in [3.63, 3.8) is 0 Å². The number of nitrogens with zero attached hydrogens (tertiary/aromatic N) is 2. The van der Waals surface area contributed by atoms with Crippen molar-refractivity contribution in [3.8, 4) is 0 Å². The molecule has 3 N–H and O–H groups in total. The summed E-state index contributed by atoms with van der Waals surface area (Å²) < 4.78 is 56.4. The second-order valence-corrected chi connectivity index (χ2v) is 10.6. The van der Waals surface area contributed by atoms with E-state index in [1.54, 1.807) is 0 Å². The average Bonchev–Trinajstić information content (AvgIpc) is 3.59. The Morgan fingerprint density at radius 2 is 1.91 bits per heavy atom. The lowest BCUT2D eigenvalue weighted by Gasteiger charge is -2.39. The zero-order valence-corrected chi connectivity index (χ0v) is 19.4. The molecule has 0 spiro atoms. The Morgan fingerprint density at radius 1 is 1.15 bits per heavy atom. The molecule has 33 heavy (non-hydrogen) atoms. The molecule has 2 atom stereocenters. The molecule has 2 aromatic rings. The van der Waals surface area contributed by atoms with Crippen LogP contribution in [0.2, 0.25) is 0 Å². The molecule has 1 heterocycles. The first-order valence-electron chi connectivity index (χ1n) is 11.3. The van der Waals surface area contributed by atoms with E-state index in [0.717, 1.165) is 50.2 Å². The standard InChI is InChI=1S/C23H30F2N4O3S/c1-29(11-12-30)20-6-3-2-5-18(20)26-19-14-17(24)21(13-16(19)15-9-10-15)33(31,32)28-23-8-4-7-22(25)27-23/h4,7-8,13-15,18,20,26,30H,2-3,5-6,9-12H2,1H3,(H,27,28)/t18?,20-/m0/s1. The van der Waals surface area contributed by atoms with E-state index < -0.39 is 26.7 Å². The van der Waals surface area contributed by atoms with Gasteiger partial charge >= 0.3 is 0 Å². The number of likely N-dealkylation sites (N-methyl/N-ethyl adjacent to an activating group) is 1. The number of halogens is 2. The molecule has 180 valence electrons. The summed E-state index contributed by atoms with van der Waals surface area (Å²) in [6, 6.07) is 6.66. The minimum atomic E-state index is -4.29. The van der Waals surface area contributed by atoms with Gasteiger partial charge < -0.3 is 10.4 Å². The lowest BCUT2D eigenvalue weighted by molar-refractivity contribution is 0.143. The number of benzene rings is 1. The van der Waals surface area contributed by atoms with Crippen LogP contribution in [0, 0.1) is 11.8 Å². The van der Waals surface area contributed by atoms with E-state index >= 15 is 4.39 Å². The van der Waals surface area contributed by atoms with Gasteiger partial charge in [0.25, 0.3) is 10.0 Å². The third-order valence-electron chi connectivity index (χ3n) is 6.45. The summed E-state index contributed by atoms with van der Waals surface area (Å²) >= 11 is 0. The second kappa shape index (κ2) is 9.90. The largest absolute Gasteiger partial charge is 0.395 e. The number of aliphatic hydroxyl groups excluding tert-OH is 1. The van der Waals surface area contributed by atoms with Crippen molar-refractivity contribution in [3.05, 3.63) is 47.7 Å². The maximum atomic E-state index is 15.1. The Bertz CT molecular complexity index is 1100. The third-order valence-corrected chi connectivity index (χ3v) is 7.82. The third kappa shape index (κ3) is 5.62. The number of nitrogens with one attached hydrogen (secondary N) is 2. The Balaban J connectivity index is 1.62. The van der Waals surface area contributed by atoms with Gasteiger partial charge in [0.15, 0.2) is 0 Å². The molecular weight excluding hydrogens is 450 g/mol. The predicted molar refractivity (Wildman–Crippen MR) is 123 cm³/mol. The number of rotatable bonds is 9. The number of hydrogen-bond acceptors (Lipinski definition) is 6. The molecule has 2 aliphatic carbocycles. The molecule has 1 unspecified atom stereocenters. The minimum absolute atomic E-state index is 0.0708. The highest BCUT2D eigenvalue weighted by molar-refractivity contribution is 7.92. The Morgan fingerprint density at radius 3 is 2.61 bits per heavy atom. The molecule has 2 aliphatic rings. The number of aliphatic hydroxyl groups is 1. The summed E-state index contributed by atoms with van der Waals surface area (Å²) in [6.45, 7) is 0.630. The fraction of sp³-hybridized carbons (Fsp3) is 0.522. The molecule has 7 nitrogen and oxygen atoms in total. The molecule has 0 bridgehead atoms. The summed E-state index contributed by atoms with van der Waals surface area (Å²) in [6.07, 6.45) is 5.87. The van der Waals surface area contributed by atoms with Crippen molar-refractivity contribution in [1.82, 2.24) is 9.88 Å². The number of hydrogen-bond donors (Lipinski definition) is 3. The van der Waals surface area contributed by atoms with Gasteiger partial charge in [-0.25, -0.2) is 17.8 Å². The fourth-order valence-electron chi connectivity index (χ4n) is 4.62. The number of anilines is 2. The van der Waals surface area contributed by atoms with Gasteiger partial charge in [0.2, 0.25) is 5.95 Å². The zero-order valence-electron chi connectivity index (χ0n) is 18.6. The van der Waals surface area contributed by atoms with Crippen LogP contribution in [0.4, 0.5) is 20.3 Å². The van der Waals surface area contributed by atoms with Crippen LogP contribution in [-0.2, 0) is 10.0 Å². The lowest BCUT2D eigenvalue weighted by atomic mass is 9.88. The van der Waals surface area contributed by atoms with Gasteiger partial charge in [0.05, 0.1) is 6.61 Å². The van der Waals surface area contributed by atoms with Crippen molar-refractivity contribution < 1.29 is 22.3 Å². The Hall–Kier alpha value is -2.30. The SMILES string of the molecule is CN(CCO)[C@H]1CCCCC1Nc1cc(F)c(S(=O)(=O)Nc2cccc(F)n2)cc1C1CC1. The van der Waals surface area contributed by atoms with Crippen LogP contribution in [0.25, 0.3) is 0 Å². The van der Waals surface area contributed by atoms with Crippen LogP contribution in [-0.4, -0.2) is 55.7 Å². The van der Waals surface area contributed by atoms with Gasteiger partial charge in [0.1, 0.15) is 16.5 Å². The molecule has 0 radical (unpaired) electrons. The predicted octanol–water partition coefficient (Wildman–Crippen LogP) is 3.69. The van der Waals surface area contributed by atoms with Crippen molar-refractivity contribution in [2.24, 2.45) is 0 Å². The van der Waals surface area contributed by atoms with Gasteiger partial charge in [-0.3, -0.25) is 9.62 Å². The highest BCUT2D eigenvalue weighted by Gasteiger charge is 2.33. The second-order valence-electron chi connectivity index (χ2n) is 8.90. The summed E-state index contributed by atoms with van der Waals surface area (Å²) in [5.41, 5.74) is 1.39. The molecule has 1 aromatic carbocycles. The molecule has 0 saturated heterocycles. The molecule has 2 saturated carbocycles. The molecule has 0 aliphatic heterocycles. The van der Waals surface area contributed by atoms with Gasteiger partial charge in [0, 0.05) is 24.3 Å². The van der Waals surface area contributed by atoms with Crippen LogP contribution in [0.5, 0.6) is 0 Å². The summed E-state index contributed by atoms with van der Waals surface area (Å²) in [7, 11) is -2.31. The smallest absolute Gasteiger partial charge is 0.265 e. The Labute approximate surface area is 193 Å². The van der Waals surface area contributed by atoms with Crippen LogP contribution in [0.1, 0.15) is 50.0 Å². The maximum absolute atomic E-state index is 15.1. The van der Waals surface area contributed by atoms with Crippen molar-refractivity contribution in [2.45, 2.75) is 61.4 Å². The van der Waals surface area contributed by atoms with Gasteiger partial charge in [-0.2, -0.15) is 4.39 Å². The van der Waals surface area contributed by atoms with E-state index in [1.165, 1.54) is 24.3 Å². The van der Waals surface area contributed by atoms with Crippen molar-refractivity contribution >= 4 is 21.5 Å². The highest BCUT2D eigenvalue weighted by atomic mass is 32.2. The monoisotopic (exact) mass is 480 g/mol. The lowest BCUT2D eigenvalue weighted by Crippen LogP contribution is -2.48. The number of aromatic nitrogens is 1. The quantitative estimate of drug-likeness (QED) is 0.474. The van der Waals surface area contributed by atoms with Crippen molar-refractivity contribution in [2.75, 3.05) is 30.2 Å². The first-order valence-corrected chi connectivity index (χ1v) is 12.8. The van der Waals surface area contributed by atoms with Gasteiger partial charge in [-0.15, -0.1) is 0 Å². The normalized spacial score (nSPS) is 21.2. The highest BCUT2D eigenvalue weighted by Crippen LogP contribution is 2.45. The maximum Gasteiger partial charge on any atom is 0.265 e. The summed E-state index contributed by atoms with van der Waals surface area (Å²) in [5.74, 6) is -1.74. The van der Waals surface area contributed by atoms with Gasteiger partial charge in [-0.1, -0.05) is 18.9 Å². The molecule has 0 amide bonds. The Kier molecular flexibility index (Phi) is 7.16. The molecule has 1 aromatic heterocycles. The fourth-order valence-corrected chi connectivity index (χ4v) is 5.72. The van der Waals surface area contributed by atoms with E-state index in [0.29, 0.717) is 12.2 Å². The van der Waals surface area contributed by atoms with E-state index in [-0.39, 0.29) is 30.4 Å². The first kappa shape index (κ1) is 23.8. The van der Waals surface area contributed by atoms with Crippen molar-refractivity contribution in [1.29, 1.82) is 0 Å². The van der Waals surface area contributed by atoms with Gasteiger partial charge in [-0.05, 0) is 68.5 Å². The molecule has 2 fully saturated rings. The van der Waals surface area contributed by atoms with Crippen LogP contribution >= 0.6 is 0 Å². The summed E-state index contributed by atoms with van der Waals surface area (Å²) in [5, 5.41) is 12.8. The number of sulfonamides is 1. The van der Waals surface area contributed by atoms with Crippen LogP contribution in [0.15, 0.2) is 35.2 Å². The van der Waals surface area contributed by atoms with E-state index in [4.69, 9.17) is 0 Å². The first-order chi connectivity index (χ1) is 15.8. The molecule has 4 rings (SSSR count). The molecule has 10 heteroatoms. The average molecular weight is 481 g/mol. The van der Waals surface area contributed by atoms with E-state index in [1.807, 2.05) is 7.05 Å². The number of pyridine rings is 1. The van der Waals surface area contributed by atoms with Crippen LogP contribution in [0.3, 0.4) is 0 Å². The van der Waals surface area contributed by atoms with E-state index in [2.05, 4.69) is 19.9 Å². The summed E-state index contributed by atoms with van der Waals surface area (Å²) in [4.78, 5) is 5.15. The topological polar surface area (TPSA) is 94.6 Å². The van der Waals surface area contributed by atoms with Crippen LogP contribution < -0.4 is 10.0 Å². The van der Waals surface area contributed by atoms with E-state index in [9.17, 15) is 17.9 Å².